The second-order valence-corrected chi connectivity index (χ2v) is 8.83. The number of aliphatic imine (C=N–C) groups is 1. The summed E-state index contributed by atoms with van der Waals surface area (Å²) in [7, 11) is -1.87. The predicted molar refractivity (Wildman–Crippen MR) is 94.7 cm³/mol. The molecule has 0 atom stereocenters. The minimum absolute atomic E-state index is 0.0902. The molecule has 1 rings (SSSR count). The van der Waals surface area contributed by atoms with Crippen molar-refractivity contribution in [3.05, 3.63) is 29.8 Å². The zero-order chi connectivity index (χ0) is 17.8. The summed E-state index contributed by atoms with van der Waals surface area (Å²) < 4.78 is 26.1. The number of benzene rings is 1. The number of hydrogen-bond acceptors (Lipinski definition) is 3. The molecule has 0 saturated heterocycles. The molecule has 0 aromatic heterocycles. The molecule has 0 spiro atoms. The third-order valence-corrected chi connectivity index (χ3v) is 5.31. The van der Waals surface area contributed by atoms with E-state index in [0.717, 1.165) is 5.56 Å². The first-order chi connectivity index (χ1) is 10.4. The van der Waals surface area contributed by atoms with Gasteiger partial charge in [0.15, 0.2) is 5.96 Å². The van der Waals surface area contributed by atoms with Crippen LogP contribution in [0.5, 0.6) is 0 Å². The average Bonchev–Trinajstić information content (AvgIpc) is 2.42. The van der Waals surface area contributed by atoms with Crippen LogP contribution in [0.15, 0.2) is 34.2 Å². The van der Waals surface area contributed by atoms with Crippen LogP contribution in [0, 0.1) is 0 Å². The van der Waals surface area contributed by atoms with Crippen LogP contribution in [0.2, 0.25) is 0 Å². The van der Waals surface area contributed by atoms with Crippen molar-refractivity contribution in [2.75, 3.05) is 7.05 Å². The van der Waals surface area contributed by atoms with Crippen LogP contribution in [0.3, 0.4) is 0 Å². The lowest BCUT2D eigenvalue weighted by molar-refractivity contribution is 0.410. The highest BCUT2D eigenvalue weighted by Gasteiger charge is 2.22. The first-order valence-electron chi connectivity index (χ1n) is 7.58. The fourth-order valence-corrected chi connectivity index (χ4v) is 3.18. The molecule has 0 radical (unpaired) electrons. The molecule has 0 fully saturated rings. The normalized spacial score (nSPS) is 13.7. The first-order valence-corrected chi connectivity index (χ1v) is 9.02. The van der Waals surface area contributed by atoms with Crippen molar-refractivity contribution in [2.24, 2.45) is 10.7 Å². The molecule has 6 nitrogen and oxygen atoms in total. The van der Waals surface area contributed by atoms with Gasteiger partial charge in [0, 0.05) is 18.6 Å². The van der Waals surface area contributed by atoms with Crippen molar-refractivity contribution in [1.29, 1.82) is 0 Å². The van der Waals surface area contributed by atoms with E-state index in [2.05, 4.69) is 10.3 Å². The lowest BCUT2D eigenvalue weighted by atomic mass is 10.1. The van der Waals surface area contributed by atoms with E-state index in [4.69, 9.17) is 5.73 Å². The Morgan fingerprint density at radius 1 is 1.26 bits per heavy atom. The largest absolute Gasteiger partial charge is 0.370 e. The summed E-state index contributed by atoms with van der Waals surface area (Å²) in [6.07, 6.45) is 0. The Bertz CT molecular complexity index is 644. The van der Waals surface area contributed by atoms with Crippen molar-refractivity contribution in [3.63, 3.8) is 0 Å². The number of guanidine groups is 1. The number of nitrogens with one attached hydrogen (secondary N) is 1. The first kappa shape index (κ1) is 19.4. The van der Waals surface area contributed by atoms with E-state index >= 15 is 0 Å². The summed E-state index contributed by atoms with van der Waals surface area (Å²) in [5.41, 5.74) is 6.57. The predicted octanol–water partition coefficient (Wildman–Crippen LogP) is 1.92. The molecule has 1 aromatic carbocycles. The highest BCUT2D eigenvalue weighted by atomic mass is 32.2. The van der Waals surface area contributed by atoms with Crippen LogP contribution >= 0.6 is 0 Å². The Balaban J connectivity index is 2.84. The molecule has 0 aliphatic heterocycles. The molecule has 0 aliphatic rings. The fourth-order valence-electron chi connectivity index (χ4n) is 1.81. The molecule has 0 unspecified atom stereocenters. The van der Waals surface area contributed by atoms with Crippen molar-refractivity contribution in [3.8, 4) is 0 Å². The number of hydrogen-bond donors (Lipinski definition) is 2. The van der Waals surface area contributed by atoms with E-state index in [-0.39, 0.29) is 16.5 Å². The van der Waals surface area contributed by atoms with Crippen molar-refractivity contribution < 1.29 is 8.42 Å². The Morgan fingerprint density at radius 2 is 1.78 bits per heavy atom. The maximum absolute atomic E-state index is 12.4. The quantitative estimate of drug-likeness (QED) is 0.633. The van der Waals surface area contributed by atoms with Gasteiger partial charge in [0.1, 0.15) is 0 Å². The Kier molecular flexibility index (Phi) is 6.18. The molecule has 0 amide bonds. The van der Waals surface area contributed by atoms with Crippen LogP contribution in [0.4, 0.5) is 0 Å². The maximum Gasteiger partial charge on any atom is 0.243 e. The minimum Gasteiger partial charge on any atom is -0.370 e. The van der Waals surface area contributed by atoms with Crippen molar-refractivity contribution in [2.45, 2.75) is 57.6 Å². The lowest BCUT2D eigenvalue weighted by Gasteiger charge is -2.21. The topological polar surface area (TPSA) is 87.8 Å². The van der Waals surface area contributed by atoms with Crippen LogP contribution in [0.25, 0.3) is 0 Å². The van der Waals surface area contributed by atoms with E-state index in [1.54, 1.807) is 31.3 Å². The van der Waals surface area contributed by atoms with E-state index in [0.29, 0.717) is 12.5 Å². The highest BCUT2D eigenvalue weighted by molar-refractivity contribution is 7.89. The van der Waals surface area contributed by atoms with Gasteiger partial charge < -0.3 is 11.1 Å². The van der Waals surface area contributed by atoms with Gasteiger partial charge in [-0.15, -0.1) is 0 Å². The van der Waals surface area contributed by atoms with E-state index in [1.807, 2.05) is 34.6 Å². The second-order valence-electron chi connectivity index (χ2n) is 6.84. The van der Waals surface area contributed by atoms with E-state index in [9.17, 15) is 8.42 Å². The van der Waals surface area contributed by atoms with Crippen molar-refractivity contribution in [1.82, 2.24) is 9.62 Å². The maximum atomic E-state index is 12.4. The summed E-state index contributed by atoms with van der Waals surface area (Å²) in [5, 5.41) is 3.08. The molecule has 0 bridgehead atoms. The molecule has 0 aliphatic carbocycles. The van der Waals surface area contributed by atoms with E-state index < -0.39 is 10.0 Å². The molecule has 3 N–H and O–H groups in total. The van der Waals surface area contributed by atoms with Crippen LogP contribution in [-0.4, -0.2) is 37.3 Å². The van der Waals surface area contributed by atoms with Crippen LogP contribution < -0.4 is 11.1 Å². The zero-order valence-electron chi connectivity index (χ0n) is 14.8. The molecule has 130 valence electrons. The van der Waals surface area contributed by atoms with Crippen molar-refractivity contribution >= 4 is 16.0 Å². The Labute approximate surface area is 139 Å². The molecule has 7 heteroatoms. The number of nitrogens with zero attached hydrogens (tertiary/aromatic N) is 2. The SMILES string of the molecule is CC(C)N(C)S(=O)(=O)c1ccc(CN=C(N)NC(C)(C)C)cc1. The number of rotatable bonds is 5. The summed E-state index contributed by atoms with van der Waals surface area (Å²) in [6.45, 7) is 10.1. The minimum atomic E-state index is -3.45. The summed E-state index contributed by atoms with van der Waals surface area (Å²) in [5.74, 6) is 0.369. The number of nitrogens with two attached hydrogens (primary N) is 1. The standard InChI is InChI=1S/C16H28N4O2S/c1-12(2)20(6)23(21,22)14-9-7-13(8-10-14)11-18-15(17)19-16(3,4)5/h7-10,12H,11H2,1-6H3,(H3,17,18,19). The zero-order valence-corrected chi connectivity index (χ0v) is 15.6. The van der Waals surface area contributed by atoms with Gasteiger partial charge in [-0.2, -0.15) is 4.31 Å². The molecule has 0 saturated carbocycles. The van der Waals surface area contributed by atoms with Gasteiger partial charge in [0.25, 0.3) is 0 Å². The van der Waals surface area contributed by atoms with Gasteiger partial charge >= 0.3 is 0 Å². The molecular weight excluding hydrogens is 312 g/mol. The monoisotopic (exact) mass is 340 g/mol. The van der Waals surface area contributed by atoms with Gasteiger partial charge in [0.2, 0.25) is 10.0 Å². The molecule has 0 heterocycles. The van der Waals surface area contributed by atoms with Crippen LogP contribution in [0.1, 0.15) is 40.2 Å². The lowest BCUT2D eigenvalue weighted by Crippen LogP contribution is -2.44. The smallest absolute Gasteiger partial charge is 0.243 e. The average molecular weight is 340 g/mol. The van der Waals surface area contributed by atoms with E-state index in [1.165, 1.54) is 4.31 Å². The summed E-state index contributed by atoms with van der Waals surface area (Å²) in [4.78, 5) is 4.54. The third kappa shape index (κ3) is 5.84. The van der Waals surface area contributed by atoms with Gasteiger partial charge in [-0.3, -0.25) is 0 Å². The van der Waals surface area contributed by atoms with Gasteiger partial charge in [-0.05, 0) is 52.3 Å². The van der Waals surface area contributed by atoms with Gasteiger partial charge in [-0.1, -0.05) is 12.1 Å². The molecular formula is C16H28N4O2S. The second kappa shape index (κ2) is 7.31. The Morgan fingerprint density at radius 3 is 2.22 bits per heavy atom. The fraction of sp³-hybridized carbons (Fsp3) is 0.562. The van der Waals surface area contributed by atoms with Gasteiger partial charge in [-0.25, -0.2) is 13.4 Å². The summed E-state index contributed by atoms with van der Waals surface area (Å²) in [6, 6.07) is 6.63. The van der Waals surface area contributed by atoms with Crippen LogP contribution in [-0.2, 0) is 16.6 Å². The highest BCUT2D eigenvalue weighted by Crippen LogP contribution is 2.17. The third-order valence-electron chi connectivity index (χ3n) is 3.26. The summed E-state index contributed by atoms with van der Waals surface area (Å²) >= 11 is 0. The molecule has 23 heavy (non-hydrogen) atoms. The van der Waals surface area contributed by atoms with Gasteiger partial charge in [0.05, 0.1) is 11.4 Å². The molecule has 1 aromatic rings. The number of sulfonamides is 1. The Hall–Kier alpha value is -1.60.